The Morgan fingerprint density at radius 3 is 2.75 bits per heavy atom. The van der Waals surface area contributed by atoms with Crippen molar-refractivity contribution < 1.29 is 19.4 Å². The van der Waals surface area contributed by atoms with Crippen LogP contribution in [-0.4, -0.2) is 26.5 Å². The van der Waals surface area contributed by atoms with E-state index in [0.29, 0.717) is 0 Å². The number of amides is 1. The van der Waals surface area contributed by atoms with Crippen LogP contribution in [0, 0.1) is 0 Å². The largest absolute Gasteiger partial charge is 0.481 e. The van der Waals surface area contributed by atoms with Gasteiger partial charge in [0.25, 0.3) is 0 Å². The fraction of sp³-hybridized carbons (Fsp3) is 0.167. The maximum atomic E-state index is 11.5. The molecule has 2 aromatic rings. The van der Waals surface area contributed by atoms with Crippen LogP contribution >= 0.6 is 11.5 Å². The fourth-order valence-electron chi connectivity index (χ4n) is 1.36. The average molecular weight is 293 g/mol. The Morgan fingerprint density at radius 1 is 1.30 bits per heavy atom. The molecule has 0 saturated heterocycles. The number of aliphatic carboxylic acids is 1. The van der Waals surface area contributed by atoms with Crippen molar-refractivity contribution in [2.45, 2.75) is 13.0 Å². The van der Waals surface area contributed by atoms with E-state index >= 15 is 0 Å². The first kappa shape index (κ1) is 13.9. The summed E-state index contributed by atoms with van der Waals surface area (Å²) in [6, 6.07) is 9.24. The Hall–Kier alpha value is -2.48. The summed E-state index contributed by atoms with van der Waals surface area (Å²) in [7, 11) is 0. The Bertz CT molecular complexity index is 600. The highest BCUT2D eigenvalue weighted by atomic mass is 32.1. The molecule has 0 aliphatic carbocycles. The molecule has 0 saturated carbocycles. The number of hydrogen-bond acceptors (Lipinski definition) is 6. The van der Waals surface area contributed by atoms with Gasteiger partial charge in [-0.05, 0) is 5.56 Å². The van der Waals surface area contributed by atoms with Crippen molar-refractivity contribution in [3.8, 4) is 0 Å². The molecule has 1 amide bonds. The van der Waals surface area contributed by atoms with E-state index in [-0.39, 0.29) is 24.0 Å². The number of nitrogens with one attached hydrogen (secondary N) is 1. The number of carboxylic acid groups (broad SMARTS) is 1. The van der Waals surface area contributed by atoms with Crippen LogP contribution in [0.5, 0.6) is 0 Å². The van der Waals surface area contributed by atoms with Crippen LogP contribution in [0.15, 0.2) is 30.3 Å². The lowest BCUT2D eigenvalue weighted by atomic mass is 10.2. The van der Waals surface area contributed by atoms with Gasteiger partial charge in [0.2, 0.25) is 5.13 Å². The molecule has 0 bridgehead atoms. The maximum Gasteiger partial charge on any atom is 0.413 e. The highest BCUT2D eigenvalue weighted by molar-refractivity contribution is 7.09. The summed E-state index contributed by atoms with van der Waals surface area (Å²) in [5.74, 6) is -0.873. The Balaban J connectivity index is 1.82. The maximum absolute atomic E-state index is 11.5. The van der Waals surface area contributed by atoms with Crippen molar-refractivity contribution in [1.82, 2.24) is 9.36 Å². The van der Waals surface area contributed by atoms with Gasteiger partial charge < -0.3 is 9.84 Å². The number of benzene rings is 1. The van der Waals surface area contributed by atoms with E-state index in [0.717, 1.165) is 17.1 Å². The number of hydrogen-bond donors (Lipinski definition) is 2. The van der Waals surface area contributed by atoms with Crippen LogP contribution < -0.4 is 5.32 Å². The summed E-state index contributed by atoms with van der Waals surface area (Å²) in [5, 5.41) is 11.2. The lowest BCUT2D eigenvalue weighted by molar-refractivity contribution is -0.136. The molecule has 104 valence electrons. The monoisotopic (exact) mass is 293 g/mol. The van der Waals surface area contributed by atoms with E-state index in [1.807, 2.05) is 30.3 Å². The summed E-state index contributed by atoms with van der Waals surface area (Å²) in [4.78, 5) is 25.8. The molecule has 0 unspecified atom stereocenters. The zero-order valence-corrected chi connectivity index (χ0v) is 11.1. The van der Waals surface area contributed by atoms with Gasteiger partial charge in [-0.15, -0.1) is 0 Å². The fourth-order valence-corrected chi connectivity index (χ4v) is 1.93. The highest BCUT2D eigenvalue weighted by Crippen LogP contribution is 2.12. The minimum Gasteiger partial charge on any atom is -0.481 e. The number of carboxylic acids is 1. The van der Waals surface area contributed by atoms with Crippen LogP contribution in [0.25, 0.3) is 0 Å². The van der Waals surface area contributed by atoms with E-state index < -0.39 is 12.1 Å². The second kappa shape index (κ2) is 6.62. The molecule has 2 N–H and O–H groups in total. The second-order valence-corrected chi connectivity index (χ2v) is 4.52. The zero-order valence-electron chi connectivity index (χ0n) is 10.3. The van der Waals surface area contributed by atoms with Gasteiger partial charge in [0, 0.05) is 11.5 Å². The number of rotatable bonds is 5. The minimum absolute atomic E-state index is 0.146. The predicted molar refractivity (Wildman–Crippen MR) is 71.5 cm³/mol. The summed E-state index contributed by atoms with van der Waals surface area (Å²) >= 11 is 0.905. The van der Waals surface area contributed by atoms with E-state index in [2.05, 4.69) is 14.7 Å². The first-order chi connectivity index (χ1) is 9.63. The quantitative estimate of drug-likeness (QED) is 0.873. The molecule has 0 aliphatic heterocycles. The number of aromatic nitrogens is 2. The van der Waals surface area contributed by atoms with E-state index in [4.69, 9.17) is 9.84 Å². The summed E-state index contributed by atoms with van der Waals surface area (Å²) < 4.78 is 8.80. The normalized spacial score (nSPS) is 10.0. The van der Waals surface area contributed by atoms with Gasteiger partial charge in [-0.2, -0.15) is 4.37 Å². The van der Waals surface area contributed by atoms with Crippen molar-refractivity contribution in [3.05, 3.63) is 41.7 Å². The van der Waals surface area contributed by atoms with Gasteiger partial charge in [0.15, 0.2) is 5.82 Å². The smallest absolute Gasteiger partial charge is 0.413 e. The van der Waals surface area contributed by atoms with Crippen molar-refractivity contribution in [2.75, 3.05) is 5.32 Å². The van der Waals surface area contributed by atoms with Gasteiger partial charge in [-0.1, -0.05) is 30.3 Å². The van der Waals surface area contributed by atoms with Crippen LogP contribution in [0.2, 0.25) is 0 Å². The van der Waals surface area contributed by atoms with Gasteiger partial charge in [0.1, 0.15) is 13.0 Å². The molecule has 1 heterocycles. The Labute approximate surface area is 118 Å². The number of anilines is 1. The van der Waals surface area contributed by atoms with Crippen molar-refractivity contribution >= 4 is 28.7 Å². The first-order valence-electron chi connectivity index (χ1n) is 5.65. The highest BCUT2D eigenvalue weighted by Gasteiger charge is 2.11. The first-order valence-corrected chi connectivity index (χ1v) is 6.43. The third kappa shape index (κ3) is 4.32. The minimum atomic E-state index is -1.03. The number of nitrogens with zero attached hydrogens (tertiary/aromatic N) is 2. The van der Waals surface area contributed by atoms with Gasteiger partial charge in [-0.25, -0.2) is 9.78 Å². The molecule has 2 rings (SSSR count). The lowest BCUT2D eigenvalue weighted by Crippen LogP contribution is -2.13. The molecule has 20 heavy (non-hydrogen) atoms. The van der Waals surface area contributed by atoms with Gasteiger partial charge in [-0.3, -0.25) is 10.1 Å². The Kier molecular flexibility index (Phi) is 4.61. The number of carbonyl (C=O) groups is 2. The van der Waals surface area contributed by atoms with Crippen LogP contribution in [-0.2, 0) is 22.6 Å². The van der Waals surface area contributed by atoms with E-state index in [1.165, 1.54) is 0 Å². The molecule has 1 aromatic carbocycles. The van der Waals surface area contributed by atoms with Crippen molar-refractivity contribution in [3.63, 3.8) is 0 Å². The molecule has 0 spiro atoms. The van der Waals surface area contributed by atoms with Crippen molar-refractivity contribution in [2.24, 2.45) is 0 Å². The second-order valence-electron chi connectivity index (χ2n) is 3.77. The number of ether oxygens (including phenoxy) is 1. The molecule has 0 fully saturated rings. The molecule has 0 atom stereocenters. The van der Waals surface area contributed by atoms with Gasteiger partial charge in [0.05, 0.1) is 0 Å². The lowest BCUT2D eigenvalue weighted by Gasteiger charge is -2.04. The van der Waals surface area contributed by atoms with Gasteiger partial charge >= 0.3 is 12.1 Å². The molecule has 0 aliphatic rings. The molecule has 0 radical (unpaired) electrons. The molecular weight excluding hydrogens is 282 g/mol. The topological polar surface area (TPSA) is 101 Å². The zero-order chi connectivity index (χ0) is 14.4. The summed E-state index contributed by atoms with van der Waals surface area (Å²) in [6.45, 7) is 0.146. The van der Waals surface area contributed by atoms with E-state index in [9.17, 15) is 9.59 Å². The van der Waals surface area contributed by atoms with Crippen LogP contribution in [0.3, 0.4) is 0 Å². The SMILES string of the molecule is O=C(O)Cc1nsc(NC(=O)OCc2ccccc2)n1. The number of carbonyl (C=O) groups excluding carboxylic acids is 1. The molecular formula is C12H11N3O4S. The third-order valence-electron chi connectivity index (χ3n) is 2.20. The van der Waals surface area contributed by atoms with Crippen molar-refractivity contribution in [1.29, 1.82) is 0 Å². The molecule has 8 heteroatoms. The van der Waals surface area contributed by atoms with E-state index in [1.54, 1.807) is 0 Å². The van der Waals surface area contributed by atoms with Crippen LogP contribution in [0.1, 0.15) is 11.4 Å². The Morgan fingerprint density at radius 2 is 2.05 bits per heavy atom. The standard InChI is InChI=1S/C12H11N3O4S/c16-10(17)6-9-13-11(20-15-9)14-12(18)19-7-8-4-2-1-3-5-8/h1-5H,6-7H2,(H,16,17)(H,13,14,15,18). The van der Waals surface area contributed by atoms with Crippen LogP contribution in [0.4, 0.5) is 9.93 Å². The summed E-state index contributed by atoms with van der Waals surface area (Å²) in [5.41, 5.74) is 0.867. The third-order valence-corrected chi connectivity index (χ3v) is 2.87. The predicted octanol–water partition coefficient (Wildman–Crippen LogP) is 1.91. The summed E-state index contributed by atoms with van der Waals surface area (Å²) in [6.07, 6.45) is -0.941. The molecule has 1 aromatic heterocycles. The average Bonchev–Trinajstić information content (AvgIpc) is 2.84. The molecule has 7 nitrogen and oxygen atoms in total.